The van der Waals surface area contributed by atoms with E-state index in [1.807, 2.05) is 0 Å². The van der Waals surface area contributed by atoms with E-state index in [1.165, 1.54) is 25.7 Å². The Kier molecular flexibility index (Phi) is 5.21. The van der Waals surface area contributed by atoms with Gasteiger partial charge in [0.05, 0.1) is 6.10 Å². The fourth-order valence-corrected chi connectivity index (χ4v) is 4.89. The van der Waals surface area contributed by atoms with Crippen LogP contribution in [0.25, 0.3) is 0 Å². The highest BCUT2D eigenvalue weighted by Crippen LogP contribution is 2.43. The summed E-state index contributed by atoms with van der Waals surface area (Å²) in [6.07, 6.45) is 7.44. The van der Waals surface area contributed by atoms with Crippen molar-refractivity contribution < 1.29 is 13.9 Å². The van der Waals surface area contributed by atoms with Crippen molar-refractivity contribution in [3.8, 4) is 0 Å². The third-order valence-electron chi connectivity index (χ3n) is 6.52. The number of halogens is 2. The monoisotopic (exact) mass is 312 g/mol. The molecule has 1 nitrogen and oxygen atoms in total. The summed E-state index contributed by atoms with van der Waals surface area (Å²) < 4.78 is 27.9. The summed E-state index contributed by atoms with van der Waals surface area (Å²) in [5.74, 6) is 2.20. The van der Waals surface area contributed by atoms with Crippen molar-refractivity contribution in [1.29, 1.82) is 0 Å². The van der Waals surface area contributed by atoms with Crippen molar-refractivity contribution in [3.63, 3.8) is 0 Å². The van der Waals surface area contributed by atoms with Gasteiger partial charge in [-0.25, -0.2) is 8.78 Å². The molecule has 5 unspecified atom stereocenters. The third-order valence-corrected chi connectivity index (χ3v) is 6.52. The van der Waals surface area contributed by atoms with Crippen molar-refractivity contribution >= 4 is 0 Å². The van der Waals surface area contributed by atoms with Crippen LogP contribution in [0.5, 0.6) is 0 Å². The molecule has 3 aliphatic carbocycles. The predicted octanol–water partition coefficient (Wildman–Crippen LogP) is 4.99. The highest BCUT2D eigenvalue weighted by atomic mass is 19.2. The minimum atomic E-state index is -1.70. The molecule has 22 heavy (non-hydrogen) atoms. The summed E-state index contributed by atoms with van der Waals surface area (Å²) in [4.78, 5) is 0. The van der Waals surface area contributed by atoms with Gasteiger partial charge in [-0.05, 0) is 62.7 Å². The van der Waals surface area contributed by atoms with Crippen molar-refractivity contribution in [2.45, 2.75) is 83.2 Å². The lowest BCUT2D eigenvalue weighted by Gasteiger charge is -2.38. The molecule has 5 atom stereocenters. The summed E-state index contributed by atoms with van der Waals surface area (Å²) in [5, 5.41) is 9.46. The maximum Gasteiger partial charge on any atom is 0.157 e. The number of hydrogen-bond acceptors (Lipinski definition) is 1. The molecule has 0 bridgehead atoms. The lowest BCUT2D eigenvalue weighted by atomic mass is 9.69. The number of rotatable bonds is 2. The second-order valence-corrected chi connectivity index (χ2v) is 7.97. The van der Waals surface area contributed by atoms with E-state index in [0.717, 1.165) is 42.6 Å². The van der Waals surface area contributed by atoms with Crippen molar-refractivity contribution in [3.05, 3.63) is 11.6 Å². The molecular formula is C19H30F2O. The SMILES string of the molecule is CC1CCC(C2CC=C(C3CCC(O)C(F)C3F)CC2)CC1. The lowest BCUT2D eigenvalue weighted by Crippen LogP contribution is -2.42. The van der Waals surface area contributed by atoms with E-state index >= 15 is 0 Å². The van der Waals surface area contributed by atoms with Gasteiger partial charge in [-0.3, -0.25) is 0 Å². The largest absolute Gasteiger partial charge is 0.390 e. The number of hydrogen-bond donors (Lipinski definition) is 1. The van der Waals surface area contributed by atoms with Gasteiger partial charge in [-0.15, -0.1) is 0 Å². The average molecular weight is 312 g/mol. The van der Waals surface area contributed by atoms with E-state index in [1.54, 1.807) is 0 Å². The molecule has 1 N–H and O–H groups in total. The van der Waals surface area contributed by atoms with Crippen LogP contribution in [0.2, 0.25) is 0 Å². The highest BCUT2D eigenvalue weighted by Gasteiger charge is 2.41. The van der Waals surface area contributed by atoms with Gasteiger partial charge in [0.2, 0.25) is 0 Å². The van der Waals surface area contributed by atoms with E-state index in [9.17, 15) is 13.9 Å². The first-order valence-electron chi connectivity index (χ1n) is 9.21. The quantitative estimate of drug-likeness (QED) is 0.712. The molecule has 0 aliphatic heterocycles. The van der Waals surface area contributed by atoms with E-state index < -0.39 is 18.4 Å². The van der Waals surface area contributed by atoms with Gasteiger partial charge in [0.1, 0.15) is 6.17 Å². The fourth-order valence-electron chi connectivity index (χ4n) is 4.89. The first-order valence-corrected chi connectivity index (χ1v) is 9.21. The Bertz CT molecular complexity index is 400. The van der Waals surface area contributed by atoms with Crippen LogP contribution in [0.15, 0.2) is 11.6 Å². The second-order valence-electron chi connectivity index (χ2n) is 7.97. The van der Waals surface area contributed by atoms with Gasteiger partial charge < -0.3 is 5.11 Å². The van der Waals surface area contributed by atoms with Gasteiger partial charge in [0.15, 0.2) is 6.17 Å². The molecule has 0 amide bonds. The molecule has 0 saturated heterocycles. The molecular weight excluding hydrogens is 282 g/mol. The normalized spacial score (nSPS) is 47.1. The maximum absolute atomic E-state index is 14.2. The number of aliphatic hydroxyl groups is 1. The van der Waals surface area contributed by atoms with E-state index in [4.69, 9.17) is 0 Å². The Morgan fingerprint density at radius 1 is 0.909 bits per heavy atom. The van der Waals surface area contributed by atoms with Gasteiger partial charge >= 0.3 is 0 Å². The van der Waals surface area contributed by atoms with Crippen molar-refractivity contribution in [1.82, 2.24) is 0 Å². The van der Waals surface area contributed by atoms with Crippen LogP contribution in [-0.2, 0) is 0 Å². The van der Waals surface area contributed by atoms with Crippen LogP contribution in [0.3, 0.4) is 0 Å². The maximum atomic E-state index is 14.2. The van der Waals surface area contributed by atoms with Crippen LogP contribution >= 0.6 is 0 Å². The Labute approximate surface area is 133 Å². The van der Waals surface area contributed by atoms with Crippen LogP contribution < -0.4 is 0 Å². The zero-order chi connectivity index (χ0) is 15.7. The second kappa shape index (κ2) is 6.98. The number of allylic oxidation sites excluding steroid dienone is 2. The van der Waals surface area contributed by atoms with Crippen LogP contribution in [0, 0.1) is 23.7 Å². The predicted molar refractivity (Wildman–Crippen MR) is 85.1 cm³/mol. The molecule has 2 fully saturated rings. The zero-order valence-electron chi connectivity index (χ0n) is 13.7. The van der Waals surface area contributed by atoms with Crippen LogP contribution in [0.1, 0.15) is 64.7 Å². The molecule has 0 aromatic heterocycles. The Balaban J connectivity index is 1.57. The Hall–Kier alpha value is -0.440. The molecule has 126 valence electrons. The van der Waals surface area contributed by atoms with Crippen molar-refractivity contribution in [2.75, 3.05) is 0 Å². The standard InChI is InChI=1S/C19H30F2O/c1-12-2-4-13(5-3-12)14-6-8-15(9-7-14)16-10-11-17(22)19(21)18(16)20/h8,12-14,16-19,22H,2-7,9-11H2,1H3. The van der Waals surface area contributed by atoms with E-state index in [-0.39, 0.29) is 5.92 Å². The summed E-state index contributed by atoms with van der Waals surface area (Å²) >= 11 is 0. The topological polar surface area (TPSA) is 20.2 Å². The minimum absolute atomic E-state index is 0.286. The number of alkyl halides is 2. The summed E-state index contributed by atoms with van der Waals surface area (Å²) in [7, 11) is 0. The first-order chi connectivity index (χ1) is 10.6. The van der Waals surface area contributed by atoms with E-state index in [2.05, 4.69) is 13.0 Å². The zero-order valence-corrected chi connectivity index (χ0v) is 13.7. The first kappa shape index (κ1) is 16.4. The molecule has 3 rings (SSSR count). The molecule has 3 heteroatoms. The molecule has 0 heterocycles. The smallest absolute Gasteiger partial charge is 0.157 e. The van der Waals surface area contributed by atoms with Gasteiger partial charge in [0, 0.05) is 5.92 Å². The van der Waals surface area contributed by atoms with E-state index in [0.29, 0.717) is 12.8 Å². The Morgan fingerprint density at radius 3 is 2.27 bits per heavy atom. The third kappa shape index (κ3) is 3.39. The highest BCUT2D eigenvalue weighted by molar-refractivity contribution is 5.15. The molecule has 2 saturated carbocycles. The Morgan fingerprint density at radius 2 is 1.64 bits per heavy atom. The molecule has 0 aromatic rings. The summed E-state index contributed by atoms with van der Waals surface area (Å²) in [6, 6.07) is 0. The average Bonchev–Trinajstić information content (AvgIpc) is 2.54. The number of aliphatic hydroxyl groups excluding tert-OH is 1. The fraction of sp³-hybridized carbons (Fsp3) is 0.895. The molecule has 0 spiro atoms. The van der Waals surface area contributed by atoms with Gasteiger partial charge in [0.25, 0.3) is 0 Å². The summed E-state index contributed by atoms with van der Waals surface area (Å²) in [5.41, 5.74) is 1.13. The minimum Gasteiger partial charge on any atom is -0.390 e. The van der Waals surface area contributed by atoms with Gasteiger partial charge in [-0.1, -0.05) is 31.4 Å². The van der Waals surface area contributed by atoms with Gasteiger partial charge in [-0.2, -0.15) is 0 Å². The van der Waals surface area contributed by atoms with Crippen LogP contribution in [0.4, 0.5) is 8.78 Å². The van der Waals surface area contributed by atoms with Crippen molar-refractivity contribution in [2.24, 2.45) is 23.7 Å². The lowest BCUT2D eigenvalue weighted by molar-refractivity contribution is -0.0272. The molecule has 0 radical (unpaired) electrons. The summed E-state index contributed by atoms with van der Waals surface area (Å²) in [6.45, 7) is 2.35. The molecule has 3 aliphatic rings. The molecule has 0 aromatic carbocycles. The van der Waals surface area contributed by atoms with Crippen LogP contribution in [-0.4, -0.2) is 23.6 Å².